The van der Waals surface area contributed by atoms with E-state index in [-0.39, 0.29) is 18.9 Å². The SMILES string of the molecule is CCCCCCCCCC/C=C\CCCCCCCCCCCCCCCCCCCC(=O)NC(COC1OC(CO)C(OC2OC(CO)C(OC3OC(CO)C(O)C(O)C3O)C(O)C2O)C(O)C1O)C(O)CCCCCCCCCCCCCCCCCCCCCCCCCC. The lowest BCUT2D eigenvalue weighted by atomic mass is 9.96. The highest BCUT2D eigenvalue weighted by Gasteiger charge is 2.54. The summed E-state index contributed by atoms with van der Waals surface area (Å²) < 4.78 is 34.5. The zero-order chi connectivity index (χ0) is 71.1. The Morgan fingerprint density at radius 2 is 0.643 bits per heavy atom. The first kappa shape index (κ1) is 90.7. The fraction of sp³-hybridized carbons (Fsp3) is 0.962. The van der Waals surface area contributed by atoms with Gasteiger partial charge in [-0.3, -0.25) is 4.79 Å². The lowest BCUT2D eigenvalue weighted by Gasteiger charge is -2.48. The molecule has 3 aliphatic rings. The van der Waals surface area contributed by atoms with Gasteiger partial charge in [0, 0.05) is 6.42 Å². The first-order valence-corrected chi connectivity index (χ1v) is 40.9. The van der Waals surface area contributed by atoms with Crippen molar-refractivity contribution in [3.05, 3.63) is 12.2 Å². The van der Waals surface area contributed by atoms with E-state index in [4.69, 9.17) is 28.4 Å². The van der Waals surface area contributed by atoms with Crippen LogP contribution in [0.25, 0.3) is 0 Å². The molecule has 0 saturated carbocycles. The Morgan fingerprint density at radius 1 is 0.357 bits per heavy atom. The molecule has 17 atom stereocenters. The summed E-state index contributed by atoms with van der Waals surface area (Å²) in [5.74, 6) is -0.234. The van der Waals surface area contributed by atoms with E-state index in [2.05, 4.69) is 31.3 Å². The van der Waals surface area contributed by atoms with Crippen LogP contribution in [-0.4, -0.2) is 193 Å². The Kier molecular flexibility index (Phi) is 56.3. The maximum Gasteiger partial charge on any atom is 0.220 e. The van der Waals surface area contributed by atoms with Crippen molar-refractivity contribution in [1.82, 2.24) is 5.32 Å². The maximum absolute atomic E-state index is 13.5. The minimum absolute atomic E-state index is 0.234. The molecule has 17 unspecified atom stereocenters. The number of amides is 1. The van der Waals surface area contributed by atoms with Crippen molar-refractivity contribution in [2.75, 3.05) is 26.4 Å². The van der Waals surface area contributed by atoms with Crippen LogP contribution in [0.4, 0.5) is 0 Å². The number of aliphatic hydroxyl groups is 11. The Hall–Kier alpha value is -1.47. The van der Waals surface area contributed by atoms with Gasteiger partial charge in [0.15, 0.2) is 18.9 Å². The number of carbonyl (C=O) groups is 1. The van der Waals surface area contributed by atoms with Gasteiger partial charge in [-0.1, -0.05) is 321 Å². The molecule has 0 aromatic heterocycles. The third kappa shape index (κ3) is 40.7. The number of carbonyl (C=O) groups excluding carboxylic acids is 1. The Labute approximate surface area is 595 Å². The molecule has 3 heterocycles. The normalized spacial score (nSPS) is 26.7. The highest BCUT2D eigenvalue weighted by atomic mass is 16.8. The minimum atomic E-state index is -1.97. The second kappa shape index (κ2) is 60.8. The molecular weight excluding hydrogens is 1250 g/mol. The van der Waals surface area contributed by atoms with Crippen LogP contribution in [0.1, 0.15) is 354 Å². The molecule has 0 aliphatic carbocycles. The predicted molar refractivity (Wildman–Crippen MR) is 388 cm³/mol. The first-order valence-electron chi connectivity index (χ1n) is 40.9. The maximum atomic E-state index is 13.5. The molecule has 12 N–H and O–H groups in total. The molecule has 0 aromatic rings. The largest absolute Gasteiger partial charge is 0.394 e. The van der Waals surface area contributed by atoms with E-state index in [9.17, 15) is 61.0 Å². The molecule has 1 amide bonds. The molecule has 0 aromatic carbocycles. The van der Waals surface area contributed by atoms with Crippen LogP contribution in [0.3, 0.4) is 0 Å². The van der Waals surface area contributed by atoms with E-state index in [0.717, 1.165) is 44.9 Å². The van der Waals surface area contributed by atoms with Crippen molar-refractivity contribution in [2.45, 2.75) is 458 Å². The number of hydrogen-bond donors (Lipinski definition) is 12. The molecule has 19 heteroatoms. The van der Waals surface area contributed by atoms with Gasteiger partial charge >= 0.3 is 0 Å². The fourth-order valence-electron chi connectivity index (χ4n) is 14.3. The zero-order valence-corrected chi connectivity index (χ0v) is 62.1. The van der Waals surface area contributed by atoms with Crippen molar-refractivity contribution < 1.29 is 89.4 Å². The molecule has 0 bridgehead atoms. The van der Waals surface area contributed by atoms with Crippen LogP contribution in [0, 0.1) is 0 Å². The first-order chi connectivity index (χ1) is 47.8. The zero-order valence-electron chi connectivity index (χ0n) is 62.1. The molecule has 580 valence electrons. The van der Waals surface area contributed by atoms with Crippen LogP contribution >= 0.6 is 0 Å². The molecular formula is C79H151NO18. The summed E-state index contributed by atoms with van der Waals surface area (Å²) in [4.78, 5) is 13.5. The number of ether oxygens (including phenoxy) is 6. The lowest BCUT2D eigenvalue weighted by molar-refractivity contribution is -0.379. The minimum Gasteiger partial charge on any atom is -0.394 e. The predicted octanol–water partition coefficient (Wildman–Crippen LogP) is 13.6. The summed E-state index contributed by atoms with van der Waals surface area (Å²) in [5, 5.41) is 121. The summed E-state index contributed by atoms with van der Waals surface area (Å²) >= 11 is 0. The van der Waals surface area contributed by atoms with E-state index in [1.165, 1.54) is 276 Å². The number of allylic oxidation sites excluding steroid dienone is 2. The van der Waals surface area contributed by atoms with E-state index >= 15 is 0 Å². The monoisotopic (exact) mass is 1400 g/mol. The number of unbranched alkanes of at least 4 members (excludes halogenated alkanes) is 48. The summed E-state index contributed by atoms with van der Waals surface area (Å²) in [6.07, 6.45) is 44.4. The van der Waals surface area contributed by atoms with E-state index in [1.807, 2.05) is 0 Å². The third-order valence-corrected chi connectivity index (χ3v) is 20.8. The number of nitrogens with one attached hydrogen (secondary N) is 1. The van der Waals surface area contributed by atoms with Crippen LogP contribution < -0.4 is 5.32 Å². The van der Waals surface area contributed by atoms with E-state index in [0.29, 0.717) is 12.8 Å². The average Bonchev–Trinajstić information content (AvgIpc) is 0.784. The molecule has 0 radical (unpaired) electrons. The van der Waals surface area contributed by atoms with Crippen molar-refractivity contribution in [3.8, 4) is 0 Å². The average molecular weight is 1400 g/mol. The number of aliphatic hydroxyl groups excluding tert-OH is 11. The van der Waals surface area contributed by atoms with Crippen molar-refractivity contribution in [2.24, 2.45) is 0 Å². The molecule has 0 spiro atoms. The number of hydrogen-bond acceptors (Lipinski definition) is 18. The van der Waals surface area contributed by atoms with E-state index in [1.54, 1.807) is 0 Å². The highest BCUT2D eigenvalue weighted by Crippen LogP contribution is 2.33. The topological polar surface area (TPSA) is 307 Å². The molecule has 3 rings (SSSR count). The van der Waals surface area contributed by atoms with Crippen LogP contribution in [0.2, 0.25) is 0 Å². The third-order valence-electron chi connectivity index (χ3n) is 20.8. The second-order valence-corrected chi connectivity index (χ2v) is 29.6. The molecule has 3 saturated heterocycles. The molecule has 98 heavy (non-hydrogen) atoms. The lowest BCUT2D eigenvalue weighted by Crippen LogP contribution is -2.66. The summed E-state index contributed by atoms with van der Waals surface area (Å²) in [5.41, 5.74) is 0. The van der Waals surface area contributed by atoms with Gasteiger partial charge in [0.25, 0.3) is 0 Å². The van der Waals surface area contributed by atoms with Crippen LogP contribution in [0.5, 0.6) is 0 Å². The van der Waals surface area contributed by atoms with Gasteiger partial charge in [-0.25, -0.2) is 0 Å². The quantitative estimate of drug-likeness (QED) is 0.0199. The highest BCUT2D eigenvalue weighted by molar-refractivity contribution is 5.76. The van der Waals surface area contributed by atoms with Gasteiger partial charge in [-0.2, -0.15) is 0 Å². The number of rotatable bonds is 66. The van der Waals surface area contributed by atoms with Crippen molar-refractivity contribution in [3.63, 3.8) is 0 Å². The van der Waals surface area contributed by atoms with Crippen LogP contribution in [-0.2, 0) is 33.2 Å². The van der Waals surface area contributed by atoms with E-state index < -0.39 is 124 Å². The van der Waals surface area contributed by atoms with Crippen molar-refractivity contribution in [1.29, 1.82) is 0 Å². The Morgan fingerprint density at radius 3 is 0.990 bits per heavy atom. The molecule has 19 nitrogen and oxygen atoms in total. The van der Waals surface area contributed by atoms with Gasteiger partial charge in [0.2, 0.25) is 5.91 Å². The molecule has 3 fully saturated rings. The smallest absolute Gasteiger partial charge is 0.220 e. The van der Waals surface area contributed by atoms with Crippen molar-refractivity contribution >= 4 is 5.91 Å². The van der Waals surface area contributed by atoms with Gasteiger partial charge in [-0.15, -0.1) is 0 Å². The van der Waals surface area contributed by atoms with Gasteiger partial charge < -0.3 is 89.9 Å². The van der Waals surface area contributed by atoms with Crippen LogP contribution in [0.15, 0.2) is 12.2 Å². The Balaban J connectivity index is 1.36. The van der Waals surface area contributed by atoms with Gasteiger partial charge in [0.1, 0.15) is 73.2 Å². The van der Waals surface area contributed by atoms with Gasteiger partial charge in [-0.05, 0) is 38.5 Å². The second-order valence-electron chi connectivity index (χ2n) is 29.6. The Bertz CT molecular complexity index is 1820. The fourth-order valence-corrected chi connectivity index (χ4v) is 14.3. The summed E-state index contributed by atoms with van der Waals surface area (Å²) in [6, 6.07) is -0.885. The summed E-state index contributed by atoms with van der Waals surface area (Å²) in [6.45, 7) is 1.87. The molecule has 3 aliphatic heterocycles. The standard InChI is InChI=1S/C79H151NO18/c1-3-5-7-9-11-13-15-17-19-21-23-25-27-29-30-31-32-33-35-37-39-41-43-45-47-49-51-53-55-57-67(85)80-62(63(84)56-54-52-50-48-46-44-42-40-38-36-34-28-26-24-22-20-18-16-14-12-10-8-6-4-2)61-93-77-73(91)70(88)75(65(59-82)95-77)98-79-74(92)71(89)76(66(60-83)96-79)97-78-72(90)69(87)68(86)64(58-81)94-78/h21,23,62-66,68-79,81-84,86-92H,3-20,22,24-61H2,1-2H3,(H,80,85)/b23-21-. The summed E-state index contributed by atoms with van der Waals surface area (Å²) in [7, 11) is 0. The van der Waals surface area contributed by atoms with Gasteiger partial charge in [0.05, 0.1) is 38.6 Å².